The molecule has 0 unspecified atom stereocenters. The first-order valence-electron chi connectivity index (χ1n) is 11.0. The molecule has 0 bridgehead atoms. The van der Waals surface area contributed by atoms with Crippen molar-refractivity contribution in [1.82, 2.24) is 4.31 Å². The molecule has 5 nitrogen and oxygen atoms in total. The van der Waals surface area contributed by atoms with Crippen LogP contribution >= 0.6 is 0 Å². The third kappa shape index (κ3) is 4.08. The molecule has 4 aromatic carbocycles. The zero-order valence-corrected chi connectivity index (χ0v) is 19.3. The van der Waals surface area contributed by atoms with Gasteiger partial charge in [-0.15, -0.1) is 0 Å². The van der Waals surface area contributed by atoms with Crippen molar-refractivity contribution < 1.29 is 17.6 Å². The SMILES string of the molecule is Cc1ccc(NC(=O)[C@@H]2Cc3ccccc3CN2S(=O)(=O)c2ccc3ccccc3c2)cc1F. The molecule has 0 saturated carbocycles. The highest BCUT2D eigenvalue weighted by Gasteiger charge is 2.39. The Labute approximate surface area is 197 Å². The van der Waals surface area contributed by atoms with Crippen LogP contribution in [-0.4, -0.2) is 24.7 Å². The van der Waals surface area contributed by atoms with Crippen LogP contribution in [-0.2, 0) is 27.8 Å². The largest absolute Gasteiger partial charge is 0.325 e. The average Bonchev–Trinajstić information content (AvgIpc) is 2.85. The Bertz CT molecular complexity index is 1520. The number of hydrogen-bond acceptors (Lipinski definition) is 3. The summed E-state index contributed by atoms with van der Waals surface area (Å²) >= 11 is 0. The summed E-state index contributed by atoms with van der Waals surface area (Å²) in [6, 6.07) is 23.5. The van der Waals surface area contributed by atoms with E-state index in [0.717, 1.165) is 21.9 Å². The lowest BCUT2D eigenvalue weighted by molar-refractivity contribution is -0.120. The van der Waals surface area contributed by atoms with Crippen LogP contribution in [0.1, 0.15) is 16.7 Å². The summed E-state index contributed by atoms with van der Waals surface area (Å²) in [5.74, 6) is -0.936. The number of halogens is 1. The van der Waals surface area contributed by atoms with E-state index in [9.17, 15) is 17.6 Å². The molecule has 5 rings (SSSR count). The molecular weight excluding hydrogens is 451 g/mol. The molecule has 0 aromatic heterocycles. The highest BCUT2D eigenvalue weighted by Crippen LogP contribution is 2.31. The van der Waals surface area contributed by atoms with Gasteiger partial charge in [0, 0.05) is 12.2 Å². The number of carbonyl (C=O) groups excluding carboxylic acids is 1. The zero-order chi connectivity index (χ0) is 23.9. The summed E-state index contributed by atoms with van der Waals surface area (Å²) < 4.78 is 42.9. The molecule has 34 heavy (non-hydrogen) atoms. The molecule has 0 saturated heterocycles. The molecule has 0 spiro atoms. The standard InChI is InChI=1S/C27H23FN2O3S/c1-18-10-12-23(16-25(18)28)29-27(31)26-15-21-8-4-5-9-22(21)17-30(26)34(32,33)24-13-11-19-6-2-3-7-20(19)14-24/h2-14,16,26H,15,17H2,1H3,(H,29,31)/t26-/m0/s1. The second-order valence-corrected chi connectivity index (χ2v) is 10.4. The minimum atomic E-state index is -4.00. The summed E-state index contributed by atoms with van der Waals surface area (Å²) in [4.78, 5) is 13.5. The van der Waals surface area contributed by atoms with Crippen LogP contribution in [0.15, 0.2) is 89.8 Å². The molecule has 0 radical (unpaired) electrons. The lowest BCUT2D eigenvalue weighted by Gasteiger charge is -2.35. The Morgan fingerprint density at radius 2 is 1.62 bits per heavy atom. The van der Waals surface area contributed by atoms with Gasteiger partial charge in [-0.05, 0) is 65.1 Å². The molecule has 1 aliphatic rings. The third-order valence-corrected chi connectivity index (χ3v) is 8.13. The normalized spacial score (nSPS) is 16.2. The fourth-order valence-electron chi connectivity index (χ4n) is 4.33. The Kier molecular flexibility index (Phi) is 5.67. The van der Waals surface area contributed by atoms with Gasteiger partial charge in [-0.2, -0.15) is 4.31 Å². The van der Waals surface area contributed by atoms with Gasteiger partial charge in [0.2, 0.25) is 15.9 Å². The smallest absolute Gasteiger partial charge is 0.244 e. The van der Waals surface area contributed by atoms with Crippen LogP contribution in [0.4, 0.5) is 10.1 Å². The number of sulfonamides is 1. The van der Waals surface area contributed by atoms with Crippen molar-refractivity contribution in [3.63, 3.8) is 0 Å². The first-order valence-corrected chi connectivity index (χ1v) is 12.4. The van der Waals surface area contributed by atoms with Crippen molar-refractivity contribution in [1.29, 1.82) is 0 Å². The van der Waals surface area contributed by atoms with Crippen LogP contribution in [0.25, 0.3) is 10.8 Å². The maximum Gasteiger partial charge on any atom is 0.244 e. The van der Waals surface area contributed by atoms with E-state index in [1.54, 1.807) is 37.3 Å². The van der Waals surface area contributed by atoms with Gasteiger partial charge in [0.15, 0.2) is 0 Å². The van der Waals surface area contributed by atoms with Crippen LogP contribution in [0.5, 0.6) is 0 Å². The van der Waals surface area contributed by atoms with Crippen molar-refractivity contribution in [2.24, 2.45) is 0 Å². The number of benzene rings is 4. The summed E-state index contributed by atoms with van der Waals surface area (Å²) in [5, 5.41) is 4.44. The molecule has 1 aliphatic heterocycles. The monoisotopic (exact) mass is 474 g/mol. The van der Waals surface area contributed by atoms with E-state index in [0.29, 0.717) is 5.56 Å². The molecular formula is C27H23FN2O3S. The van der Waals surface area contributed by atoms with Gasteiger partial charge < -0.3 is 5.32 Å². The topological polar surface area (TPSA) is 66.5 Å². The van der Waals surface area contributed by atoms with Gasteiger partial charge in [-0.25, -0.2) is 12.8 Å². The van der Waals surface area contributed by atoms with Crippen molar-refractivity contribution in [3.8, 4) is 0 Å². The van der Waals surface area contributed by atoms with E-state index < -0.39 is 27.8 Å². The number of nitrogens with zero attached hydrogens (tertiary/aromatic N) is 1. The quantitative estimate of drug-likeness (QED) is 0.451. The zero-order valence-electron chi connectivity index (χ0n) is 18.5. The number of aryl methyl sites for hydroxylation is 1. The van der Waals surface area contributed by atoms with E-state index in [4.69, 9.17) is 0 Å². The van der Waals surface area contributed by atoms with E-state index in [1.165, 1.54) is 10.4 Å². The Morgan fingerprint density at radius 3 is 2.38 bits per heavy atom. The lowest BCUT2D eigenvalue weighted by atomic mass is 9.95. The third-order valence-electron chi connectivity index (χ3n) is 6.27. The predicted molar refractivity (Wildman–Crippen MR) is 130 cm³/mol. The van der Waals surface area contributed by atoms with E-state index >= 15 is 0 Å². The van der Waals surface area contributed by atoms with E-state index in [1.807, 2.05) is 48.5 Å². The molecule has 1 N–H and O–H groups in total. The Morgan fingerprint density at radius 1 is 0.912 bits per heavy atom. The lowest BCUT2D eigenvalue weighted by Crippen LogP contribution is -2.50. The summed E-state index contributed by atoms with van der Waals surface area (Å²) in [6.07, 6.45) is 0.225. The highest BCUT2D eigenvalue weighted by atomic mass is 32.2. The van der Waals surface area contributed by atoms with E-state index in [2.05, 4.69) is 5.32 Å². The molecule has 1 amide bonds. The molecule has 7 heteroatoms. The number of hydrogen-bond donors (Lipinski definition) is 1. The van der Waals surface area contributed by atoms with Gasteiger partial charge in [0.1, 0.15) is 11.9 Å². The highest BCUT2D eigenvalue weighted by molar-refractivity contribution is 7.89. The van der Waals surface area contributed by atoms with Gasteiger partial charge in [-0.3, -0.25) is 4.79 Å². The summed E-state index contributed by atoms with van der Waals surface area (Å²) in [5.41, 5.74) is 2.53. The molecule has 1 atom stereocenters. The second kappa shape index (κ2) is 8.66. The average molecular weight is 475 g/mol. The van der Waals surface area contributed by atoms with Crippen molar-refractivity contribution in [2.45, 2.75) is 30.8 Å². The molecule has 172 valence electrons. The van der Waals surface area contributed by atoms with Crippen molar-refractivity contribution in [2.75, 3.05) is 5.32 Å². The van der Waals surface area contributed by atoms with Gasteiger partial charge in [0.05, 0.1) is 4.90 Å². The van der Waals surface area contributed by atoms with Gasteiger partial charge in [0.25, 0.3) is 0 Å². The van der Waals surface area contributed by atoms with Crippen LogP contribution in [0, 0.1) is 12.7 Å². The first-order chi connectivity index (χ1) is 16.3. The number of fused-ring (bicyclic) bond motifs is 2. The first kappa shape index (κ1) is 22.3. The molecule has 1 heterocycles. The minimum Gasteiger partial charge on any atom is -0.325 e. The van der Waals surface area contributed by atoms with Crippen molar-refractivity contribution >= 4 is 32.4 Å². The maximum absolute atomic E-state index is 14.0. The number of anilines is 1. The van der Waals surface area contributed by atoms with Gasteiger partial charge >= 0.3 is 0 Å². The maximum atomic E-state index is 14.0. The molecule has 4 aromatic rings. The van der Waals surface area contributed by atoms with E-state index in [-0.39, 0.29) is 23.5 Å². The molecule has 0 fully saturated rings. The molecule has 0 aliphatic carbocycles. The van der Waals surface area contributed by atoms with Crippen LogP contribution in [0.3, 0.4) is 0 Å². The van der Waals surface area contributed by atoms with Gasteiger partial charge in [-0.1, -0.05) is 60.7 Å². The fourth-order valence-corrected chi connectivity index (χ4v) is 5.94. The minimum absolute atomic E-state index is 0.0751. The fraction of sp³-hybridized carbons (Fsp3) is 0.148. The van der Waals surface area contributed by atoms with Crippen molar-refractivity contribution in [3.05, 3.63) is 107 Å². The summed E-state index contributed by atoms with van der Waals surface area (Å²) in [7, 11) is -4.00. The number of nitrogens with one attached hydrogen (secondary N) is 1. The summed E-state index contributed by atoms with van der Waals surface area (Å²) in [6.45, 7) is 1.71. The van der Waals surface area contributed by atoms with Crippen LogP contribution in [0.2, 0.25) is 0 Å². The number of amides is 1. The number of rotatable bonds is 4. The van der Waals surface area contributed by atoms with Crippen LogP contribution < -0.4 is 5.32 Å². The Hall–Kier alpha value is -3.55. The predicted octanol–water partition coefficient (Wildman–Crippen LogP) is 5.04. The Balaban J connectivity index is 1.54. The number of carbonyl (C=O) groups is 1. The second-order valence-electron chi connectivity index (χ2n) is 8.50.